The van der Waals surface area contributed by atoms with Crippen LogP contribution in [0.15, 0.2) is 42.5 Å². The molecular formula is C71H109F2N11O16S. The van der Waals surface area contributed by atoms with Crippen molar-refractivity contribution in [2.75, 3.05) is 65.6 Å². The number of likely N-dealkylation sites (tertiary alicyclic amines) is 2. The summed E-state index contributed by atoms with van der Waals surface area (Å²) < 4.78 is 46.2. The fourth-order valence-electron chi connectivity index (χ4n) is 12.7. The van der Waals surface area contributed by atoms with E-state index < -0.39 is 143 Å². The number of benzene rings is 2. The molecule has 2 saturated heterocycles. The summed E-state index contributed by atoms with van der Waals surface area (Å²) in [5, 5.41) is 24.8. The number of aliphatic carboxylic acids is 1. The first-order valence-electron chi connectivity index (χ1n) is 35.0. The number of likely N-dealkylation sites (N-methyl/N-ethyl adjacent to an activating group) is 2. The fraction of sp³-hybridized carbons (Fsp3) is 0.662. The summed E-state index contributed by atoms with van der Waals surface area (Å²) in [6, 6.07) is 3.57. The Bertz CT molecular complexity index is 3110. The predicted molar refractivity (Wildman–Crippen MR) is 376 cm³/mol. The standard InChI is InChI=1S/C71H109F2N11O16S/c1-14-44(8)62(53(98-12)38-56(86)83-36-20-25-52(83)63(99-13)45(9)64(90)75-34-32-48-49(72)22-18-23-50(48)73)81(10)69(95)60(42(4)5)80-67(93)61(43(6)7)82(11)71(97)100-40-46-28-30-47(31-29-46)77-65(91)51(24-19-33-76-70(74)96)78-66(92)59(41(2)3)79-55(85)26-16-15-17-35-84-57(87)39-54(68(84)94)101-37-21-27-58(88)89/h18,22-23,28-31,41-45,51-54,59-63H,14-17,19-21,24-27,32-40H2,1-13H3,(H,75,90)(H,77,91)(H,78,92)(H,79,85)(H,80,93)(H,88,89)(H3,74,76,96)/t44-,45+,51-,52-,53+,54?,59-,60-,61-,62-,63+/m0/s1. The first-order chi connectivity index (χ1) is 47.8. The van der Waals surface area contributed by atoms with Gasteiger partial charge in [-0.3, -0.25) is 57.7 Å². The summed E-state index contributed by atoms with van der Waals surface area (Å²) >= 11 is 1.27. The summed E-state index contributed by atoms with van der Waals surface area (Å²) in [5.41, 5.74) is 5.94. The van der Waals surface area contributed by atoms with Crippen molar-refractivity contribution in [2.45, 2.75) is 213 Å². The van der Waals surface area contributed by atoms with Crippen LogP contribution in [-0.2, 0) is 75.2 Å². The number of carbonyl (C=O) groups is 12. The lowest BCUT2D eigenvalue weighted by Gasteiger charge is -2.41. The van der Waals surface area contributed by atoms with E-state index in [2.05, 4.69) is 31.9 Å². The van der Waals surface area contributed by atoms with Crippen molar-refractivity contribution in [1.82, 2.24) is 46.2 Å². The quantitative estimate of drug-likeness (QED) is 0.0268. The fourth-order valence-corrected chi connectivity index (χ4v) is 13.9. The molecule has 30 heteroatoms. The average molecular weight is 1440 g/mol. The number of hydrogen-bond acceptors (Lipinski definition) is 16. The van der Waals surface area contributed by atoms with Crippen LogP contribution in [0.25, 0.3) is 0 Å². The third-order valence-corrected chi connectivity index (χ3v) is 19.9. The van der Waals surface area contributed by atoms with E-state index in [1.807, 2.05) is 13.8 Å². The normalized spacial score (nSPS) is 17.2. The summed E-state index contributed by atoms with van der Waals surface area (Å²) in [6.45, 7) is 16.5. The Balaban J connectivity index is 1.35. The van der Waals surface area contributed by atoms with Crippen molar-refractivity contribution in [2.24, 2.45) is 35.3 Å². The van der Waals surface area contributed by atoms with Crippen LogP contribution in [0.5, 0.6) is 0 Å². The van der Waals surface area contributed by atoms with Crippen LogP contribution < -0.4 is 37.6 Å². The van der Waals surface area contributed by atoms with Gasteiger partial charge in [0.15, 0.2) is 0 Å². The molecule has 101 heavy (non-hydrogen) atoms. The number of carbonyl (C=O) groups excluding carboxylic acids is 11. The van der Waals surface area contributed by atoms with Gasteiger partial charge in [0.25, 0.3) is 0 Å². The molecule has 11 atom stereocenters. The van der Waals surface area contributed by atoms with Crippen molar-refractivity contribution in [3.63, 3.8) is 0 Å². The molecule has 0 saturated carbocycles. The van der Waals surface area contributed by atoms with Crippen LogP contribution in [0.4, 0.5) is 24.1 Å². The van der Waals surface area contributed by atoms with Gasteiger partial charge < -0.3 is 66.8 Å². The van der Waals surface area contributed by atoms with Gasteiger partial charge >= 0.3 is 18.1 Å². The molecule has 2 aliphatic heterocycles. The molecule has 2 fully saturated rings. The maximum Gasteiger partial charge on any atom is 0.410 e. The van der Waals surface area contributed by atoms with Crippen LogP contribution in [0, 0.1) is 41.2 Å². The van der Waals surface area contributed by atoms with Gasteiger partial charge in [0.2, 0.25) is 53.2 Å². The summed E-state index contributed by atoms with van der Waals surface area (Å²) in [5.74, 6) is -8.20. The van der Waals surface area contributed by atoms with Gasteiger partial charge in [-0.15, -0.1) is 11.8 Å². The van der Waals surface area contributed by atoms with Gasteiger partial charge in [-0.2, -0.15) is 0 Å². The number of imide groups is 1. The first kappa shape index (κ1) is 85.4. The van der Waals surface area contributed by atoms with E-state index in [-0.39, 0.29) is 100 Å². The number of methoxy groups -OCH3 is 2. The maximum atomic E-state index is 14.8. The minimum absolute atomic E-state index is 0.0224. The van der Waals surface area contributed by atoms with Gasteiger partial charge in [0.05, 0.1) is 41.9 Å². The lowest BCUT2D eigenvalue weighted by Crippen LogP contribution is -2.60. The molecule has 2 aromatic rings. The topological polar surface area (TPSA) is 364 Å². The molecule has 12 amide bonds. The van der Waals surface area contributed by atoms with Crippen molar-refractivity contribution in [3.8, 4) is 0 Å². The third kappa shape index (κ3) is 26.1. The van der Waals surface area contributed by atoms with Crippen LogP contribution >= 0.6 is 11.8 Å². The van der Waals surface area contributed by atoms with Crippen molar-refractivity contribution in [1.29, 1.82) is 0 Å². The molecule has 4 rings (SSSR count). The number of ether oxygens (including phenoxy) is 3. The number of urea groups is 1. The number of nitrogens with one attached hydrogen (secondary N) is 6. The predicted octanol–water partition coefficient (Wildman–Crippen LogP) is 6.28. The van der Waals surface area contributed by atoms with Gasteiger partial charge in [-0.05, 0) is 111 Å². The molecule has 2 heterocycles. The maximum absolute atomic E-state index is 14.8. The summed E-state index contributed by atoms with van der Waals surface area (Å²) in [6.07, 6.45) is 1.29. The van der Waals surface area contributed by atoms with Gasteiger partial charge in [-0.1, -0.05) is 93.4 Å². The zero-order valence-corrected chi connectivity index (χ0v) is 61.7. The van der Waals surface area contributed by atoms with Crippen molar-refractivity contribution >= 4 is 88.7 Å². The van der Waals surface area contributed by atoms with E-state index in [1.165, 1.54) is 48.9 Å². The number of nitrogens with zero attached hydrogens (tertiary/aromatic N) is 4. The molecule has 0 spiro atoms. The zero-order valence-electron chi connectivity index (χ0n) is 60.9. The van der Waals surface area contributed by atoms with E-state index in [0.717, 1.165) is 17.0 Å². The number of rotatable bonds is 43. The molecule has 9 N–H and O–H groups in total. The van der Waals surface area contributed by atoms with E-state index in [1.54, 1.807) is 84.7 Å². The van der Waals surface area contributed by atoms with Gasteiger partial charge in [-0.25, -0.2) is 18.4 Å². The lowest BCUT2D eigenvalue weighted by atomic mass is 9.89. The highest BCUT2D eigenvalue weighted by molar-refractivity contribution is 8.00. The number of halogens is 2. The monoisotopic (exact) mass is 1440 g/mol. The lowest BCUT2D eigenvalue weighted by molar-refractivity contribution is -0.148. The number of carboxylic acid groups (broad SMARTS) is 1. The molecule has 2 aliphatic rings. The minimum atomic E-state index is -1.14. The number of primary amides is 1. The molecule has 27 nitrogen and oxygen atoms in total. The molecule has 564 valence electrons. The molecule has 0 aromatic heterocycles. The minimum Gasteiger partial charge on any atom is -0.481 e. The number of hydrogen-bond donors (Lipinski definition) is 8. The van der Waals surface area contributed by atoms with E-state index in [4.69, 9.17) is 25.1 Å². The Hall–Kier alpha value is -7.99. The van der Waals surface area contributed by atoms with E-state index in [0.29, 0.717) is 68.5 Å². The van der Waals surface area contributed by atoms with E-state index in [9.17, 15) is 66.3 Å². The summed E-state index contributed by atoms with van der Waals surface area (Å²) in [4.78, 5) is 165. The average Bonchev–Trinajstić information content (AvgIpc) is 1.77. The zero-order chi connectivity index (χ0) is 75.4. The largest absolute Gasteiger partial charge is 0.481 e. The number of carboxylic acids is 1. The highest BCUT2D eigenvalue weighted by Gasteiger charge is 2.44. The van der Waals surface area contributed by atoms with Crippen LogP contribution in [0.1, 0.15) is 157 Å². The molecule has 0 radical (unpaired) electrons. The number of anilines is 1. The second-order valence-corrected chi connectivity index (χ2v) is 28.5. The molecular weight excluding hydrogens is 1330 g/mol. The Morgan fingerprint density at radius 1 is 0.743 bits per heavy atom. The molecule has 1 unspecified atom stereocenters. The van der Waals surface area contributed by atoms with Gasteiger partial charge in [0.1, 0.15) is 42.4 Å². The SMILES string of the molecule is CC[C@H](C)[C@@H]([C@@H](CC(=O)N1CCC[C@H]1[C@H](OC)[C@@H](C)C(=O)NCCc1c(F)cccc1F)OC)N(C)C(=O)[C@@H](NC(=O)[C@H](C(C)C)N(C)C(=O)OCc1ccc(NC(=O)[C@H](CCCNC(N)=O)NC(=O)[C@@H](NC(=O)CCCCCN2C(=O)CC(SCCCC(=O)O)C2=O)C(C)C)cc1)C(C)C. The number of unbranched alkanes of at least 4 members (excludes halogenated alkanes) is 2. The Morgan fingerprint density at radius 3 is 2.00 bits per heavy atom. The molecule has 0 bridgehead atoms. The molecule has 0 aliphatic carbocycles. The van der Waals surface area contributed by atoms with Crippen LogP contribution in [-0.4, -0.2) is 210 Å². The van der Waals surface area contributed by atoms with Crippen molar-refractivity contribution < 1.29 is 85.6 Å². The Morgan fingerprint density at radius 2 is 1.41 bits per heavy atom. The number of nitrogens with two attached hydrogens (primary N) is 1. The van der Waals surface area contributed by atoms with Crippen LogP contribution in [0.2, 0.25) is 0 Å². The molecule has 2 aromatic carbocycles. The smallest absolute Gasteiger partial charge is 0.410 e. The number of thioether (sulfide) groups is 1. The van der Waals surface area contributed by atoms with E-state index >= 15 is 0 Å². The number of amides is 12. The second-order valence-electron chi connectivity index (χ2n) is 27.1. The Kier molecular flexibility index (Phi) is 35.9. The first-order valence-corrected chi connectivity index (χ1v) is 36.1. The third-order valence-electron chi connectivity index (χ3n) is 18.6. The highest BCUT2D eigenvalue weighted by Crippen LogP contribution is 2.31. The second kappa shape index (κ2) is 42.4. The summed E-state index contributed by atoms with van der Waals surface area (Å²) in [7, 11) is 5.95. The van der Waals surface area contributed by atoms with Crippen LogP contribution in [0.3, 0.4) is 0 Å². The highest BCUT2D eigenvalue weighted by atomic mass is 32.2. The van der Waals surface area contributed by atoms with Crippen molar-refractivity contribution in [3.05, 3.63) is 65.2 Å². The Labute approximate surface area is 596 Å². The van der Waals surface area contributed by atoms with Gasteiger partial charge in [0, 0.05) is 85.0 Å².